The van der Waals surface area contributed by atoms with Crippen molar-refractivity contribution in [2.24, 2.45) is 0 Å². The van der Waals surface area contributed by atoms with Crippen LogP contribution in [-0.4, -0.2) is 33.4 Å². The Morgan fingerprint density at radius 3 is 2.79 bits per heavy atom. The summed E-state index contributed by atoms with van der Waals surface area (Å²) in [6.45, 7) is 2.95. The molecule has 144 valence electrons. The van der Waals surface area contributed by atoms with Gasteiger partial charge < -0.3 is 4.90 Å². The first-order valence-electron chi connectivity index (χ1n) is 9.96. The van der Waals surface area contributed by atoms with E-state index in [0.717, 1.165) is 48.6 Å². The van der Waals surface area contributed by atoms with Gasteiger partial charge >= 0.3 is 0 Å². The molecular weight excluding hydrogens is 366 g/mol. The summed E-state index contributed by atoms with van der Waals surface area (Å²) in [7, 11) is 0. The summed E-state index contributed by atoms with van der Waals surface area (Å²) in [6.07, 6.45) is 6.15. The molecule has 1 atom stereocenters. The molecular formula is C23H25N3OS. The quantitative estimate of drug-likeness (QED) is 0.619. The Morgan fingerprint density at radius 2 is 2.00 bits per heavy atom. The molecule has 4 rings (SSSR count). The number of rotatable bonds is 6. The van der Waals surface area contributed by atoms with Crippen LogP contribution in [0.15, 0.2) is 54.0 Å². The molecule has 0 radical (unpaired) electrons. The van der Waals surface area contributed by atoms with Gasteiger partial charge in [-0.05, 0) is 48.9 Å². The van der Waals surface area contributed by atoms with Crippen LogP contribution < -0.4 is 0 Å². The molecule has 0 saturated carbocycles. The topological polar surface area (TPSA) is 46.1 Å². The SMILES string of the molecule is CCCN(C(=O)Cc1csc(-c2ccccn2)n1)C1CCc2ccccc2C1. The zero-order valence-corrected chi connectivity index (χ0v) is 17.0. The molecule has 0 N–H and O–H groups in total. The van der Waals surface area contributed by atoms with E-state index in [-0.39, 0.29) is 11.9 Å². The Bertz CT molecular complexity index is 938. The number of fused-ring (bicyclic) bond motifs is 1. The minimum absolute atomic E-state index is 0.184. The average Bonchev–Trinajstić information content (AvgIpc) is 3.20. The molecule has 1 amide bonds. The van der Waals surface area contributed by atoms with Crippen molar-refractivity contribution in [2.75, 3.05) is 6.54 Å². The lowest BCUT2D eigenvalue weighted by atomic mass is 9.87. The number of nitrogens with zero attached hydrogens (tertiary/aromatic N) is 3. The number of aromatic nitrogens is 2. The predicted octanol–water partition coefficient (Wildman–Crippen LogP) is 4.54. The van der Waals surface area contributed by atoms with Gasteiger partial charge in [0.25, 0.3) is 0 Å². The third-order valence-electron chi connectivity index (χ3n) is 5.31. The van der Waals surface area contributed by atoms with Crippen LogP contribution in [-0.2, 0) is 24.1 Å². The van der Waals surface area contributed by atoms with Crippen molar-refractivity contribution in [3.05, 3.63) is 70.9 Å². The first kappa shape index (κ1) is 18.8. The van der Waals surface area contributed by atoms with E-state index in [2.05, 4.69) is 46.1 Å². The first-order valence-corrected chi connectivity index (χ1v) is 10.8. The molecule has 0 spiro atoms. The van der Waals surface area contributed by atoms with Crippen molar-refractivity contribution < 1.29 is 4.79 Å². The maximum Gasteiger partial charge on any atom is 0.228 e. The summed E-state index contributed by atoms with van der Waals surface area (Å²) in [4.78, 5) is 24.2. The molecule has 0 fully saturated rings. The van der Waals surface area contributed by atoms with E-state index in [1.807, 2.05) is 23.6 Å². The Morgan fingerprint density at radius 1 is 1.18 bits per heavy atom. The summed E-state index contributed by atoms with van der Waals surface area (Å²) in [6, 6.07) is 14.7. The van der Waals surface area contributed by atoms with Gasteiger partial charge in [0.1, 0.15) is 5.01 Å². The normalized spacial score (nSPS) is 15.8. The molecule has 28 heavy (non-hydrogen) atoms. The molecule has 1 aliphatic rings. The van der Waals surface area contributed by atoms with Gasteiger partial charge in [0.15, 0.2) is 0 Å². The fourth-order valence-corrected chi connectivity index (χ4v) is 4.74. The van der Waals surface area contributed by atoms with Crippen molar-refractivity contribution >= 4 is 17.2 Å². The molecule has 0 bridgehead atoms. The summed E-state index contributed by atoms with van der Waals surface area (Å²) in [5, 5.41) is 2.86. The van der Waals surface area contributed by atoms with Gasteiger partial charge in [0.05, 0.1) is 17.8 Å². The third-order valence-corrected chi connectivity index (χ3v) is 6.23. The highest BCUT2D eigenvalue weighted by atomic mass is 32.1. The van der Waals surface area contributed by atoms with E-state index in [4.69, 9.17) is 0 Å². The van der Waals surface area contributed by atoms with Crippen LogP contribution in [0.5, 0.6) is 0 Å². The van der Waals surface area contributed by atoms with Crippen molar-refractivity contribution in [3.8, 4) is 10.7 Å². The Balaban J connectivity index is 1.47. The van der Waals surface area contributed by atoms with Crippen LogP contribution in [0.2, 0.25) is 0 Å². The molecule has 2 aromatic heterocycles. The number of carbonyl (C=O) groups excluding carboxylic acids is 1. The first-order chi connectivity index (χ1) is 13.7. The van der Waals surface area contributed by atoms with E-state index in [9.17, 15) is 4.79 Å². The standard InChI is InChI=1S/C23H25N3OS/c1-2-13-26(20-11-10-17-7-3-4-8-18(17)14-20)22(27)15-19-16-28-23(25-19)21-9-5-6-12-24-21/h3-9,12,16,20H,2,10-11,13-15H2,1H3. The molecule has 3 aromatic rings. The van der Waals surface area contributed by atoms with Gasteiger partial charge in [-0.1, -0.05) is 37.3 Å². The highest BCUT2D eigenvalue weighted by molar-refractivity contribution is 7.13. The maximum absolute atomic E-state index is 13.1. The second-order valence-corrected chi connectivity index (χ2v) is 8.15. The predicted molar refractivity (Wildman–Crippen MR) is 113 cm³/mol. The number of thiazole rings is 1. The van der Waals surface area contributed by atoms with E-state index in [1.165, 1.54) is 11.1 Å². The van der Waals surface area contributed by atoms with Crippen LogP contribution in [0.25, 0.3) is 10.7 Å². The molecule has 4 nitrogen and oxygen atoms in total. The lowest BCUT2D eigenvalue weighted by Gasteiger charge is -2.35. The number of carbonyl (C=O) groups is 1. The zero-order valence-electron chi connectivity index (χ0n) is 16.2. The molecule has 0 saturated heterocycles. The van der Waals surface area contributed by atoms with E-state index in [1.54, 1.807) is 17.5 Å². The van der Waals surface area contributed by atoms with Gasteiger partial charge in [-0.15, -0.1) is 11.3 Å². The number of hydrogen-bond donors (Lipinski definition) is 0. The molecule has 5 heteroatoms. The molecule has 2 heterocycles. The average molecular weight is 392 g/mol. The third kappa shape index (κ3) is 4.14. The van der Waals surface area contributed by atoms with E-state index < -0.39 is 0 Å². The summed E-state index contributed by atoms with van der Waals surface area (Å²) >= 11 is 1.55. The van der Waals surface area contributed by atoms with E-state index in [0.29, 0.717) is 6.42 Å². The van der Waals surface area contributed by atoms with Crippen molar-refractivity contribution in [1.29, 1.82) is 0 Å². The molecule has 1 unspecified atom stereocenters. The van der Waals surface area contributed by atoms with Crippen LogP contribution in [0.4, 0.5) is 0 Å². The summed E-state index contributed by atoms with van der Waals surface area (Å²) in [5.74, 6) is 0.184. The van der Waals surface area contributed by atoms with Crippen LogP contribution in [0.3, 0.4) is 0 Å². The number of amides is 1. The van der Waals surface area contributed by atoms with Gasteiger partial charge in [-0.3, -0.25) is 9.78 Å². The maximum atomic E-state index is 13.1. The second-order valence-electron chi connectivity index (χ2n) is 7.29. The number of hydrogen-bond acceptors (Lipinski definition) is 4. The summed E-state index contributed by atoms with van der Waals surface area (Å²) in [5.41, 5.74) is 4.52. The van der Waals surface area contributed by atoms with Crippen molar-refractivity contribution in [1.82, 2.24) is 14.9 Å². The van der Waals surface area contributed by atoms with Gasteiger partial charge in [-0.25, -0.2) is 4.98 Å². The van der Waals surface area contributed by atoms with Crippen LogP contribution in [0, 0.1) is 0 Å². The van der Waals surface area contributed by atoms with Gasteiger partial charge in [-0.2, -0.15) is 0 Å². The highest BCUT2D eigenvalue weighted by Gasteiger charge is 2.27. The Hall–Kier alpha value is -2.53. The molecule has 0 aliphatic heterocycles. The largest absolute Gasteiger partial charge is 0.339 e. The van der Waals surface area contributed by atoms with Gasteiger partial charge in [0.2, 0.25) is 5.91 Å². The second kappa shape index (κ2) is 8.65. The lowest BCUT2D eigenvalue weighted by molar-refractivity contribution is -0.133. The molecule has 1 aromatic carbocycles. The fraction of sp³-hybridized carbons (Fsp3) is 0.348. The zero-order chi connectivity index (χ0) is 19.3. The monoisotopic (exact) mass is 391 g/mol. The minimum atomic E-state index is 0.184. The number of pyridine rings is 1. The number of aryl methyl sites for hydroxylation is 1. The van der Waals surface area contributed by atoms with Crippen molar-refractivity contribution in [3.63, 3.8) is 0 Å². The molecule has 1 aliphatic carbocycles. The minimum Gasteiger partial charge on any atom is -0.339 e. The van der Waals surface area contributed by atoms with Crippen LogP contribution in [0.1, 0.15) is 36.6 Å². The smallest absolute Gasteiger partial charge is 0.228 e. The van der Waals surface area contributed by atoms with Crippen molar-refractivity contribution in [2.45, 2.75) is 45.1 Å². The Labute approximate surface area is 170 Å². The lowest BCUT2D eigenvalue weighted by Crippen LogP contribution is -2.44. The summed E-state index contributed by atoms with van der Waals surface area (Å²) < 4.78 is 0. The van der Waals surface area contributed by atoms with E-state index >= 15 is 0 Å². The fourth-order valence-electron chi connectivity index (χ4n) is 3.95. The highest BCUT2D eigenvalue weighted by Crippen LogP contribution is 2.26. The van der Waals surface area contributed by atoms with Crippen LogP contribution >= 0.6 is 11.3 Å². The number of benzene rings is 1. The van der Waals surface area contributed by atoms with Gasteiger partial charge in [0, 0.05) is 24.2 Å². The Kier molecular flexibility index (Phi) is 5.81.